The van der Waals surface area contributed by atoms with Gasteiger partial charge in [0.15, 0.2) is 9.96 Å². The SMILES string of the molecule is CCN(CC)S(=O)(=O)c1sc(C)c(N=C(N)C(=[N-])N[C@@H](c2ccc(C)s2)C(C)(C)C)c1O. The van der Waals surface area contributed by atoms with Crippen LogP contribution in [0.15, 0.2) is 21.3 Å². The van der Waals surface area contributed by atoms with Gasteiger partial charge in [0.1, 0.15) is 11.5 Å². The van der Waals surface area contributed by atoms with Crippen LogP contribution in [0.5, 0.6) is 5.75 Å². The molecule has 0 aliphatic heterocycles. The number of nitrogens with two attached hydrogens (primary N) is 1. The van der Waals surface area contributed by atoms with Gasteiger partial charge < -0.3 is 21.6 Å². The molecule has 2 aromatic heterocycles. The van der Waals surface area contributed by atoms with Crippen molar-refractivity contribution >= 4 is 50.1 Å². The van der Waals surface area contributed by atoms with Crippen LogP contribution in [0.3, 0.4) is 0 Å². The molecule has 0 fully saturated rings. The second-order valence-corrected chi connectivity index (χ2v) is 13.1. The fourth-order valence-electron chi connectivity index (χ4n) is 3.19. The van der Waals surface area contributed by atoms with Crippen LogP contribution in [0.2, 0.25) is 0 Å². The zero-order chi connectivity index (χ0) is 24.4. The van der Waals surface area contributed by atoms with Crippen molar-refractivity contribution in [2.24, 2.45) is 16.1 Å². The highest BCUT2D eigenvalue weighted by Gasteiger charge is 2.30. The normalized spacial score (nSPS) is 14.1. The maximum Gasteiger partial charge on any atom is 0.256 e. The summed E-state index contributed by atoms with van der Waals surface area (Å²) < 4.78 is 26.8. The van der Waals surface area contributed by atoms with E-state index in [0.717, 1.165) is 21.1 Å². The number of hydrogen-bond acceptors (Lipinski definition) is 6. The minimum Gasteiger partial charge on any atom is -0.504 e. The summed E-state index contributed by atoms with van der Waals surface area (Å²) in [6.45, 7) is 13.8. The molecular weight excluding hydrogens is 466 g/mol. The van der Waals surface area contributed by atoms with Gasteiger partial charge in [-0.15, -0.1) is 22.7 Å². The highest BCUT2D eigenvalue weighted by Crippen LogP contribution is 2.44. The smallest absolute Gasteiger partial charge is 0.256 e. The Morgan fingerprint density at radius 3 is 2.31 bits per heavy atom. The Labute approximate surface area is 198 Å². The first kappa shape index (κ1) is 26.3. The summed E-state index contributed by atoms with van der Waals surface area (Å²) in [7, 11) is -3.85. The summed E-state index contributed by atoms with van der Waals surface area (Å²) in [6.07, 6.45) is 0. The highest BCUT2D eigenvalue weighted by atomic mass is 32.2. The maximum absolute atomic E-state index is 12.8. The van der Waals surface area contributed by atoms with Crippen LogP contribution in [0.25, 0.3) is 5.41 Å². The third-order valence-corrected chi connectivity index (χ3v) is 9.63. The molecule has 2 heterocycles. The highest BCUT2D eigenvalue weighted by molar-refractivity contribution is 7.91. The van der Waals surface area contributed by atoms with E-state index in [9.17, 15) is 18.9 Å². The second kappa shape index (κ2) is 9.90. The Kier molecular flexibility index (Phi) is 8.14. The van der Waals surface area contributed by atoms with Gasteiger partial charge >= 0.3 is 0 Å². The molecule has 0 spiro atoms. The fraction of sp³-hybridized carbons (Fsp3) is 0.524. The number of aliphatic imine (C=N–C) groups is 1. The van der Waals surface area contributed by atoms with Crippen LogP contribution in [0.4, 0.5) is 5.69 Å². The number of thiophene rings is 2. The lowest BCUT2D eigenvalue weighted by Gasteiger charge is -2.37. The number of aromatic hydroxyl groups is 1. The lowest BCUT2D eigenvalue weighted by molar-refractivity contribution is 0.308. The first-order valence-electron chi connectivity index (χ1n) is 10.3. The Morgan fingerprint density at radius 1 is 1.25 bits per heavy atom. The summed E-state index contributed by atoms with van der Waals surface area (Å²) in [4.78, 5) is 6.83. The lowest BCUT2D eigenvalue weighted by atomic mass is 9.85. The largest absolute Gasteiger partial charge is 0.504 e. The minimum absolute atomic E-state index is 0.0332. The van der Waals surface area contributed by atoms with Crippen molar-refractivity contribution in [3.05, 3.63) is 32.2 Å². The van der Waals surface area contributed by atoms with E-state index in [-0.39, 0.29) is 46.1 Å². The Hall–Kier alpha value is -1.95. The van der Waals surface area contributed by atoms with E-state index in [2.05, 4.69) is 10.3 Å². The van der Waals surface area contributed by atoms with E-state index < -0.39 is 15.8 Å². The summed E-state index contributed by atoms with van der Waals surface area (Å²) in [5.74, 6) is -1.04. The molecule has 1 atom stereocenters. The quantitative estimate of drug-likeness (QED) is 0.382. The second-order valence-electron chi connectivity index (χ2n) is 8.47. The monoisotopic (exact) mass is 498 g/mol. The molecule has 2 rings (SSSR count). The lowest BCUT2D eigenvalue weighted by Crippen LogP contribution is -2.41. The van der Waals surface area contributed by atoms with E-state index >= 15 is 0 Å². The van der Waals surface area contributed by atoms with Gasteiger partial charge in [-0.2, -0.15) is 4.31 Å². The molecule has 2 aromatic rings. The van der Waals surface area contributed by atoms with Crippen LogP contribution >= 0.6 is 22.7 Å². The average Bonchev–Trinajstić information content (AvgIpc) is 3.23. The van der Waals surface area contributed by atoms with Gasteiger partial charge in [-0.3, -0.25) is 0 Å². The number of nitrogens with zero attached hydrogens (tertiary/aromatic N) is 3. The predicted octanol–water partition coefficient (Wildman–Crippen LogP) is 4.50. The summed E-state index contributed by atoms with van der Waals surface area (Å²) in [5, 5.41) is 24.3. The van der Waals surface area contributed by atoms with Crippen molar-refractivity contribution in [3.8, 4) is 5.75 Å². The molecule has 32 heavy (non-hydrogen) atoms. The minimum atomic E-state index is -3.85. The van der Waals surface area contributed by atoms with Crippen LogP contribution < -0.4 is 11.1 Å². The van der Waals surface area contributed by atoms with Crippen LogP contribution in [-0.4, -0.2) is 42.6 Å². The van der Waals surface area contributed by atoms with Crippen molar-refractivity contribution in [2.75, 3.05) is 13.1 Å². The molecule has 4 N–H and O–H groups in total. The average molecular weight is 499 g/mol. The maximum atomic E-state index is 12.8. The van der Waals surface area contributed by atoms with E-state index in [4.69, 9.17) is 5.73 Å². The van der Waals surface area contributed by atoms with Crippen molar-refractivity contribution in [1.82, 2.24) is 9.62 Å². The molecule has 0 aromatic carbocycles. The van der Waals surface area contributed by atoms with E-state index in [0.29, 0.717) is 4.88 Å². The Morgan fingerprint density at radius 2 is 1.84 bits per heavy atom. The molecule has 178 valence electrons. The molecule has 11 heteroatoms. The first-order valence-corrected chi connectivity index (χ1v) is 13.4. The first-order chi connectivity index (χ1) is 14.7. The molecule has 0 aliphatic carbocycles. The van der Waals surface area contributed by atoms with Gasteiger partial charge in [0.2, 0.25) is 0 Å². The molecule has 0 bridgehead atoms. The van der Waals surface area contributed by atoms with Gasteiger partial charge in [0.25, 0.3) is 10.0 Å². The van der Waals surface area contributed by atoms with Crippen LogP contribution in [-0.2, 0) is 10.0 Å². The van der Waals surface area contributed by atoms with Crippen molar-refractivity contribution in [2.45, 2.75) is 58.7 Å². The van der Waals surface area contributed by atoms with Crippen molar-refractivity contribution in [1.29, 1.82) is 0 Å². The number of amidine groups is 2. The van der Waals surface area contributed by atoms with Gasteiger partial charge in [-0.05, 0) is 43.3 Å². The van der Waals surface area contributed by atoms with Gasteiger partial charge in [0, 0.05) is 27.7 Å². The predicted molar refractivity (Wildman–Crippen MR) is 135 cm³/mol. The fourth-order valence-corrected chi connectivity index (χ4v) is 7.45. The van der Waals surface area contributed by atoms with Gasteiger partial charge in [-0.1, -0.05) is 34.6 Å². The van der Waals surface area contributed by atoms with Crippen LogP contribution in [0, 0.1) is 19.3 Å². The molecular formula is C21H32N5O3S3-. The summed E-state index contributed by atoms with van der Waals surface area (Å²) in [5.41, 5.74) is 5.82. The van der Waals surface area contributed by atoms with Gasteiger partial charge in [-0.25, -0.2) is 13.4 Å². The van der Waals surface area contributed by atoms with E-state index in [1.807, 2.05) is 39.8 Å². The summed E-state index contributed by atoms with van der Waals surface area (Å²) in [6, 6.07) is 3.79. The molecule has 0 amide bonds. The van der Waals surface area contributed by atoms with Crippen molar-refractivity contribution < 1.29 is 13.5 Å². The molecule has 0 saturated carbocycles. The summed E-state index contributed by atoms with van der Waals surface area (Å²) >= 11 is 2.55. The number of aryl methyl sites for hydroxylation is 2. The molecule has 0 aliphatic rings. The molecule has 8 nitrogen and oxygen atoms in total. The topological polar surface area (TPSA) is 130 Å². The van der Waals surface area contributed by atoms with Crippen molar-refractivity contribution in [3.63, 3.8) is 0 Å². The third kappa shape index (κ3) is 5.51. The number of rotatable bonds is 7. The molecule has 0 radical (unpaired) electrons. The molecule has 0 saturated heterocycles. The Bertz CT molecular complexity index is 1110. The van der Waals surface area contributed by atoms with E-state index in [1.165, 1.54) is 4.31 Å². The zero-order valence-electron chi connectivity index (χ0n) is 19.6. The van der Waals surface area contributed by atoms with Gasteiger partial charge in [0.05, 0.1) is 0 Å². The number of nitrogens with one attached hydrogen (secondary N) is 1. The number of hydrogen-bond donors (Lipinski definition) is 3. The zero-order valence-corrected chi connectivity index (χ0v) is 22.0. The Balaban J connectivity index is 2.38. The number of sulfonamides is 1. The molecule has 0 unspecified atom stereocenters. The standard InChI is InChI=1S/C21H32N5O3S3/c1-8-26(9-2)32(28,29)20-16(27)15(13(4)31-20)24-18(22)19(23)25-17(21(5,6)7)14-11-10-12(3)30-14/h10-11,17H,8-9H2,1-7H3,(H4-,22,23,24,25,27)/q-1/t17-/m0/s1. The van der Waals surface area contributed by atoms with Crippen LogP contribution in [0.1, 0.15) is 55.3 Å². The third-order valence-electron chi connectivity index (χ3n) is 4.94. The van der Waals surface area contributed by atoms with E-state index in [1.54, 1.807) is 32.1 Å².